The van der Waals surface area contributed by atoms with Crippen molar-refractivity contribution in [1.82, 2.24) is 10.6 Å². The van der Waals surface area contributed by atoms with E-state index in [0.717, 1.165) is 0 Å². The summed E-state index contributed by atoms with van der Waals surface area (Å²) in [6, 6.07) is 7.49. The number of esters is 1. The molecule has 0 radical (unpaired) electrons. The third-order valence-electron chi connectivity index (χ3n) is 3.03. The van der Waals surface area contributed by atoms with Crippen molar-refractivity contribution in [2.24, 2.45) is 4.99 Å². The van der Waals surface area contributed by atoms with Gasteiger partial charge in [0.05, 0.1) is 27.2 Å². The Morgan fingerprint density at radius 1 is 1.22 bits per heavy atom. The summed E-state index contributed by atoms with van der Waals surface area (Å²) in [5, 5.41) is 6.17. The summed E-state index contributed by atoms with van der Waals surface area (Å²) in [6.07, 6.45) is 0.190. The third-order valence-corrected chi connectivity index (χ3v) is 3.03. The van der Waals surface area contributed by atoms with Gasteiger partial charge in [0.1, 0.15) is 6.10 Å². The van der Waals surface area contributed by atoms with Gasteiger partial charge in [-0.1, -0.05) is 12.1 Å². The Labute approximate surface area is 137 Å². The van der Waals surface area contributed by atoms with Gasteiger partial charge in [-0.3, -0.25) is 9.79 Å². The Morgan fingerprint density at radius 2 is 1.91 bits per heavy atom. The van der Waals surface area contributed by atoms with Crippen LogP contribution >= 0.6 is 0 Å². The van der Waals surface area contributed by atoms with E-state index in [0.29, 0.717) is 30.5 Å². The highest BCUT2D eigenvalue weighted by molar-refractivity contribution is 5.80. The average molecular weight is 323 g/mol. The van der Waals surface area contributed by atoms with Gasteiger partial charge in [0.2, 0.25) is 0 Å². The van der Waals surface area contributed by atoms with Gasteiger partial charge in [0.15, 0.2) is 17.5 Å². The SMILES string of the molecule is CN=C(NCCC(=O)OC)NCC(C)Oc1ccccc1OC. The summed E-state index contributed by atoms with van der Waals surface area (Å²) < 4.78 is 15.7. The van der Waals surface area contributed by atoms with E-state index < -0.39 is 0 Å². The largest absolute Gasteiger partial charge is 0.493 e. The Morgan fingerprint density at radius 3 is 2.52 bits per heavy atom. The first-order chi connectivity index (χ1) is 11.1. The Balaban J connectivity index is 2.38. The number of rotatable bonds is 8. The molecule has 23 heavy (non-hydrogen) atoms. The van der Waals surface area contributed by atoms with Crippen LogP contribution in [0.5, 0.6) is 11.5 Å². The van der Waals surface area contributed by atoms with Crippen LogP contribution in [0.15, 0.2) is 29.3 Å². The maximum Gasteiger partial charge on any atom is 0.307 e. The van der Waals surface area contributed by atoms with E-state index in [1.54, 1.807) is 14.2 Å². The number of para-hydroxylation sites is 2. The molecule has 1 atom stereocenters. The standard InChI is InChI=1S/C16H25N3O4/c1-12(23-14-8-6-5-7-13(14)21-3)11-19-16(17-2)18-10-9-15(20)22-4/h5-8,12H,9-11H2,1-4H3,(H2,17,18,19). The van der Waals surface area contributed by atoms with Crippen molar-refractivity contribution in [1.29, 1.82) is 0 Å². The van der Waals surface area contributed by atoms with Crippen LogP contribution < -0.4 is 20.1 Å². The highest BCUT2D eigenvalue weighted by Gasteiger charge is 2.09. The van der Waals surface area contributed by atoms with Crippen LogP contribution in [-0.4, -0.2) is 52.4 Å². The molecule has 0 spiro atoms. The van der Waals surface area contributed by atoms with Gasteiger partial charge in [-0.05, 0) is 19.1 Å². The third kappa shape index (κ3) is 6.90. The summed E-state index contributed by atoms with van der Waals surface area (Å²) >= 11 is 0. The van der Waals surface area contributed by atoms with Crippen molar-refractivity contribution in [2.75, 3.05) is 34.4 Å². The molecule has 7 heteroatoms. The molecule has 0 aromatic heterocycles. The normalized spacial score (nSPS) is 12.3. The van der Waals surface area contributed by atoms with Crippen LogP contribution in [0.25, 0.3) is 0 Å². The van der Waals surface area contributed by atoms with Gasteiger partial charge in [-0.2, -0.15) is 0 Å². The molecule has 0 bridgehead atoms. The molecule has 0 aliphatic carbocycles. The van der Waals surface area contributed by atoms with E-state index >= 15 is 0 Å². The number of guanidine groups is 1. The van der Waals surface area contributed by atoms with Gasteiger partial charge < -0.3 is 24.8 Å². The lowest BCUT2D eigenvalue weighted by Gasteiger charge is -2.19. The van der Waals surface area contributed by atoms with Gasteiger partial charge in [0, 0.05) is 13.6 Å². The minimum absolute atomic E-state index is 0.0922. The van der Waals surface area contributed by atoms with E-state index in [4.69, 9.17) is 9.47 Å². The molecule has 1 aromatic carbocycles. The molecule has 0 aliphatic heterocycles. The van der Waals surface area contributed by atoms with Crippen molar-refractivity contribution in [3.8, 4) is 11.5 Å². The first-order valence-electron chi connectivity index (χ1n) is 7.41. The van der Waals surface area contributed by atoms with Crippen LogP contribution in [0.4, 0.5) is 0 Å². The van der Waals surface area contributed by atoms with Crippen molar-refractivity contribution in [2.45, 2.75) is 19.4 Å². The van der Waals surface area contributed by atoms with E-state index in [9.17, 15) is 4.79 Å². The number of hydrogen-bond acceptors (Lipinski definition) is 5. The van der Waals surface area contributed by atoms with Gasteiger partial charge in [-0.25, -0.2) is 0 Å². The monoisotopic (exact) mass is 323 g/mol. The second kappa shape index (κ2) is 10.3. The molecule has 1 unspecified atom stereocenters. The van der Waals surface area contributed by atoms with Crippen LogP contribution in [0.3, 0.4) is 0 Å². The van der Waals surface area contributed by atoms with Crippen LogP contribution in [0.2, 0.25) is 0 Å². The number of ether oxygens (including phenoxy) is 3. The minimum atomic E-state index is -0.263. The fourth-order valence-electron chi connectivity index (χ4n) is 1.82. The van der Waals surface area contributed by atoms with Crippen molar-refractivity contribution in [3.63, 3.8) is 0 Å². The van der Waals surface area contributed by atoms with Gasteiger partial charge in [-0.15, -0.1) is 0 Å². The van der Waals surface area contributed by atoms with Crippen LogP contribution in [-0.2, 0) is 9.53 Å². The maximum atomic E-state index is 11.1. The first-order valence-corrected chi connectivity index (χ1v) is 7.41. The molecule has 0 heterocycles. The molecule has 0 saturated carbocycles. The van der Waals surface area contributed by atoms with Crippen molar-refractivity contribution >= 4 is 11.9 Å². The highest BCUT2D eigenvalue weighted by atomic mass is 16.5. The zero-order chi connectivity index (χ0) is 17.1. The molecule has 1 aromatic rings. The number of methoxy groups -OCH3 is 2. The molecule has 1 rings (SSSR count). The number of benzene rings is 1. The number of aliphatic imine (C=N–C) groups is 1. The van der Waals surface area contributed by atoms with Crippen molar-refractivity contribution < 1.29 is 19.0 Å². The summed E-state index contributed by atoms with van der Waals surface area (Å²) in [5.41, 5.74) is 0. The molecule has 0 amide bonds. The summed E-state index contributed by atoms with van der Waals surface area (Å²) in [4.78, 5) is 15.1. The van der Waals surface area contributed by atoms with Crippen LogP contribution in [0, 0.1) is 0 Å². The molecule has 0 fully saturated rings. The molecule has 0 aliphatic rings. The molecular weight excluding hydrogens is 298 g/mol. The Kier molecular flexibility index (Phi) is 8.34. The highest BCUT2D eigenvalue weighted by Crippen LogP contribution is 2.26. The van der Waals surface area contributed by atoms with Crippen LogP contribution in [0.1, 0.15) is 13.3 Å². The number of carbonyl (C=O) groups excluding carboxylic acids is 1. The topological polar surface area (TPSA) is 81.2 Å². The summed E-state index contributed by atoms with van der Waals surface area (Å²) in [5.74, 6) is 1.73. The smallest absolute Gasteiger partial charge is 0.307 e. The minimum Gasteiger partial charge on any atom is -0.493 e. The zero-order valence-electron chi connectivity index (χ0n) is 14.1. The molecule has 128 valence electrons. The van der Waals surface area contributed by atoms with Gasteiger partial charge >= 0.3 is 5.97 Å². The Bertz CT molecular complexity index is 520. The number of nitrogens with zero attached hydrogens (tertiary/aromatic N) is 1. The lowest BCUT2D eigenvalue weighted by atomic mass is 10.3. The molecule has 0 saturated heterocycles. The molecule has 2 N–H and O–H groups in total. The quantitative estimate of drug-likeness (QED) is 0.425. The molecule has 7 nitrogen and oxygen atoms in total. The fraction of sp³-hybridized carbons (Fsp3) is 0.500. The maximum absolute atomic E-state index is 11.1. The second-order valence-electron chi connectivity index (χ2n) is 4.79. The van der Waals surface area contributed by atoms with Gasteiger partial charge in [0.25, 0.3) is 0 Å². The Hall–Kier alpha value is -2.44. The average Bonchev–Trinajstić information content (AvgIpc) is 2.58. The lowest BCUT2D eigenvalue weighted by Crippen LogP contribution is -2.42. The number of carbonyl (C=O) groups is 1. The zero-order valence-corrected chi connectivity index (χ0v) is 14.1. The predicted molar refractivity (Wildman–Crippen MR) is 89.1 cm³/mol. The lowest BCUT2D eigenvalue weighted by molar-refractivity contribution is -0.140. The van der Waals surface area contributed by atoms with E-state index in [1.165, 1.54) is 7.11 Å². The number of hydrogen-bond donors (Lipinski definition) is 2. The molecular formula is C16H25N3O4. The number of nitrogens with one attached hydrogen (secondary N) is 2. The fourth-order valence-corrected chi connectivity index (χ4v) is 1.82. The summed E-state index contributed by atoms with van der Waals surface area (Å²) in [6.45, 7) is 2.95. The van der Waals surface area contributed by atoms with E-state index in [-0.39, 0.29) is 18.5 Å². The second-order valence-corrected chi connectivity index (χ2v) is 4.79. The van der Waals surface area contributed by atoms with Crippen molar-refractivity contribution in [3.05, 3.63) is 24.3 Å². The van der Waals surface area contributed by atoms with E-state index in [2.05, 4.69) is 20.4 Å². The first kappa shape index (κ1) is 18.6. The van der Waals surface area contributed by atoms with E-state index in [1.807, 2.05) is 31.2 Å². The summed E-state index contributed by atoms with van der Waals surface area (Å²) in [7, 11) is 4.64. The predicted octanol–water partition coefficient (Wildman–Crippen LogP) is 1.19.